The molecule has 26 heteroatoms. The van der Waals surface area contributed by atoms with E-state index in [1.165, 1.54) is 36.4 Å². The third-order valence-electron chi connectivity index (χ3n) is 15.1. The molecule has 1 N–H and O–H groups in total. The molecule has 2 fully saturated rings. The van der Waals surface area contributed by atoms with Crippen molar-refractivity contribution in [3.63, 3.8) is 0 Å². The van der Waals surface area contributed by atoms with Gasteiger partial charge in [0.25, 0.3) is 0 Å². The maximum absolute atomic E-state index is 13.8. The fraction of sp³-hybridized carbons (Fsp3) is 0.100. The number of ketones is 3. The summed E-state index contributed by atoms with van der Waals surface area (Å²) in [6.07, 6.45) is 0. The molecule has 2 aliphatic rings. The number of nitro benzene ring substituents is 4. The van der Waals surface area contributed by atoms with Crippen molar-refractivity contribution >= 4 is 40.1 Å². The van der Waals surface area contributed by atoms with Crippen molar-refractivity contribution in [2.24, 2.45) is 0 Å². The zero-order valence-electron chi connectivity index (χ0n) is 49.9. The lowest BCUT2D eigenvalue weighted by Gasteiger charge is -2.28. The number of halogens is 2. The number of ether oxygens (including phenoxy) is 8. The summed E-state index contributed by atoms with van der Waals surface area (Å²) in [5, 5.41) is 55.6. The molecule has 2 aliphatic heterocycles. The first-order valence-electron chi connectivity index (χ1n) is 28.8. The average molecular weight is 1300 g/mol. The Balaban J connectivity index is 0.000000206. The molecule has 0 atom stereocenters. The first-order chi connectivity index (χ1) is 46.2. The fourth-order valence-electron chi connectivity index (χ4n) is 10.4. The van der Waals surface area contributed by atoms with E-state index in [2.05, 4.69) is 0 Å². The van der Waals surface area contributed by atoms with Crippen LogP contribution < -0.4 is 18.9 Å². The summed E-state index contributed by atoms with van der Waals surface area (Å²) < 4.78 is 74.4. The smallest absolute Gasteiger partial charge is 0.312 e. The average Bonchev–Trinajstić information content (AvgIpc) is 1.49. The Morgan fingerprint density at radius 2 is 0.625 bits per heavy atom. The van der Waals surface area contributed by atoms with Crippen molar-refractivity contribution < 1.29 is 85.9 Å². The number of aromatic hydroxyl groups is 1. The summed E-state index contributed by atoms with van der Waals surface area (Å²) in [6, 6.07) is 52.6. The van der Waals surface area contributed by atoms with Crippen LogP contribution in [0.3, 0.4) is 0 Å². The standard InChI is InChI=1S/C42H29FN2O11.C28H19FN2O9/c1-52-32-12-2-26(3-13-32)40(46)27-4-14-33(15-5-27)55-34-16-8-30(9-17-34)42(53-22-23-54-42)31-10-18-35(19-11-31)56-39-21-7-29(25-38(39)45(50)51)41(47)28-6-20-36(43)37(24-28)44(48)49;29-23-11-1-17(15-24(23)30(34)35)27(33)18-2-12-26(25(16-18)31(36)37)40-22-9-5-20(6-10-22)28(38-13-14-39-28)19-3-7-21(32)8-4-19/h2-21,24-25H,22-23H2,1H3;1-12,15-16,32H,13-14H2. The number of carbonyl (C=O) groups is 3. The SMILES string of the molecule is COc1ccc(C(=O)c2ccc(Oc3ccc(C4(c5ccc(Oc6ccc(C(=O)c7ccc(F)c([N+](=O)[O-])c7)cc6[N+](=O)[O-])cc5)OCCO4)cc3)cc2)cc1.O=C(c1ccc(F)c([N+](=O)[O-])c1)c1ccc(Oc2ccc(C3(c4ccc(O)cc4)OCCO3)cc2)c([N+](=O)[O-])c1. The molecule has 0 amide bonds. The number of rotatable bonds is 21. The monoisotopic (exact) mass is 1300 g/mol. The van der Waals surface area contributed by atoms with Crippen molar-refractivity contribution in [2.45, 2.75) is 11.6 Å². The number of nitrogens with zero attached hydrogens (tertiary/aromatic N) is 4. The molecule has 0 unspecified atom stereocenters. The third kappa shape index (κ3) is 13.8. The number of carbonyl (C=O) groups excluding carboxylic acids is 3. The van der Waals surface area contributed by atoms with Gasteiger partial charge in [0, 0.05) is 79.9 Å². The zero-order valence-corrected chi connectivity index (χ0v) is 49.9. The Morgan fingerprint density at radius 3 is 0.948 bits per heavy atom. The van der Waals surface area contributed by atoms with Gasteiger partial charge in [-0.2, -0.15) is 8.78 Å². The van der Waals surface area contributed by atoms with Crippen molar-refractivity contribution in [1.29, 1.82) is 0 Å². The second kappa shape index (κ2) is 27.8. The number of nitro groups is 4. The topological polar surface area (TPSA) is 318 Å². The normalized spacial score (nSPS) is 13.5. The summed E-state index contributed by atoms with van der Waals surface area (Å²) in [4.78, 5) is 81.3. The van der Waals surface area contributed by atoms with Gasteiger partial charge < -0.3 is 43.0 Å². The molecule has 96 heavy (non-hydrogen) atoms. The molecule has 0 bridgehead atoms. The fourth-order valence-corrected chi connectivity index (χ4v) is 10.4. The minimum Gasteiger partial charge on any atom is -0.508 e. The van der Waals surface area contributed by atoms with Crippen LogP contribution in [0.5, 0.6) is 46.0 Å². The number of phenolic OH excluding ortho intramolecular Hbond substituents is 1. The van der Waals surface area contributed by atoms with Crippen molar-refractivity contribution in [1.82, 2.24) is 0 Å². The van der Waals surface area contributed by atoms with Gasteiger partial charge in [0.1, 0.15) is 34.5 Å². The van der Waals surface area contributed by atoms with Crippen molar-refractivity contribution in [3.05, 3.63) is 326 Å². The molecule has 12 rings (SSSR count). The molecule has 0 radical (unpaired) electrons. The van der Waals surface area contributed by atoms with Gasteiger partial charge in [0.15, 0.2) is 17.3 Å². The number of hydrogen-bond donors (Lipinski definition) is 1. The second-order valence-corrected chi connectivity index (χ2v) is 21.0. The van der Waals surface area contributed by atoms with Crippen LogP contribution in [0.4, 0.5) is 31.5 Å². The Labute approximate surface area is 541 Å². The highest BCUT2D eigenvalue weighted by molar-refractivity contribution is 6.11. The summed E-state index contributed by atoms with van der Waals surface area (Å²) in [5.74, 6) is -4.37. The lowest BCUT2D eigenvalue weighted by atomic mass is 9.97. The minimum absolute atomic E-state index is 0.0916. The molecular weight excluding hydrogens is 1250 g/mol. The van der Waals surface area contributed by atoms with Crippen LogP contribution in [0.1, 0.15) is 70.0 Å². The van der Waals surface area contributed by atoms with Gasteiger partial charge >= 0.3 is 22.7 Å². The van der Waals surface area contributed by atoms with Crippen LogP contribution in [0.25, 0.3) is 0 Å². The molecule has 10 aromatic carbocycles. The van der Waals surface area contributed by atoms with E-state index in [1.54, 1.807) is 128 Å². The quantitative estimate of drug-likeness (QED) is 0.0397. The van der Waals surface area contributed by atoms with Gasteiger partial charge in [0.05, 0.1) is 53.2 Å². The molecule has 0 aliphatic carbocycles. The number of benzene rings is 10. The van der Waals surface area contributed by atoms with Crippen LogP contribution >= 0.6 is 0 Å². The summed E-state index contributed by atoms with van der Waals surface area (Å²) in [6.45, 7) is 1.34. The molecule has 10 aromatic rings. The van der Waals surface area contributed by atoms with Crippen molar-refractivity contribution in [3.8, 4) is 46.0 Å². The lowest BCUT2D eigenvalue weighted by molar-refractivity contribution is -0.387. The van der Waals surface area contributed by atoms with E-state index < -0.39 is 77.2 Å². The highest BCUT2D eigenvalue weighted by Gasteiger charge is 2.42. The largest absolute Gasteiger partial charge is 0.508 e. The Hall–Kier alpha value is -12.5. The number of methoxy groups -OCH3 is 1. The summed E-state index contributed by atoms with van der Waals surface area (Å²) in [7, 11) is 1.56. The molecular formula is C70H48F2N4O20. The van der Waals surface area contributed by atoms with Crippen LogP contribution in [0.2, 0.25) is 0 Å². The van der Waals surface area contributed by atoms with Gasteiger partial charge in [-0.1, -0.05) is 0 Å². The summed E-state index contributed by atoms with van der Waals surface area (Å²) >= 11 is 0. The predicted molar refractivity (Wildman–Crippen MR) is 335 cm³/mol. The van der Waals surface area contributed by atoms with Gasteiger partial charge in [-0.15, -0.1) is 0 Å². The number of phenols is 1. The van der Waals surface area contributed by atoms with Gasteiger partial charge in [0.2, 0.25) is 34.7 Å². The third-order valence-corrected chi connectivity index (χ3v) is 15.1. The minimum atomic E-state index is -1.26. The molecule has 0 aromatic heterocycles. The highest BCUT2D eigenvalue weighted by atomic mass is 19.1. The zero-order chi connectivity index (χ0) is 67.8. The van der Waals surface area contributed by atoms with E-state index in [4.69, 9.17) is 37.9 Å². The van der Waals surface area contributed by atoms with Crippen LogP contribution in [0, 0.1) is 52.1 Å². The summed E-state index contributed by atoms with van der Waals surface area (Å²) in [5.41, 5.74) is 0.113. The van der Waals surface area contributed by atoms with E-state index >= 15 is 0 Å². The highest BCUT2D eigenvalue weighted by Crippen LogP contribution is 2.43. The van der Waals surface area contributed by atoms with E-state index in [1.807, 2.05) is 12.1 Å². The Bertz CT molecular complexity index is 4640. The first-order valence-corrected chi connectivity index (χ1v) is 28.8. The second-order valence-electron chi connectivity index (χ2n) is 21.0. The van der Waals surface area contributed by atoms with Crippen molar-refractivity contribution in [2.75, 3.05) is 33.5 Å². The predicted octanol–water partition coefficient (Wildman–Crippen LogP) is 14.6. The number of hydrogen-bond acceptors (Lipinski definition) is 20. The van der Waals surface area contributed by atoms with Gasteiger partial charge in [-0.05, 0) is 194 Å². The van der Waals surface area contributed by atoms with Crippen LogP contribution in [-0.4, -0.2) is 75.7 Å². The molecule has 2 saturated heterocycles. The first kappa shape index (κ1) is 65.0. The van der Waals surface area contributed by atoms with Crippen LogP contribution in [-0.2, 0) is 30.5 Å². The lowest BCUT2D eigenvalue weighted by Crippen LogP contribution is -2.28. The van der Waals surface area contributed by atoms with E-state index in [9.17, 15) is 68.7 Å². The molecule has 0 spiro atoms. The Morgan fingerprint density at radius 1 is 0.365 bits per heavy atom. The van der Waals surface area contributed by atoms with Gasteiger partial charge in [-0.3, -0.25) is 54.8 Å². The Kier molecular flexibility index (Phi) is 18.8. The molecule has 2 heterocycles. The molecule has 24 nitrogen and oxygen atoms in total. The van der Waals surface area contributed by atoms with E-state index in [-0.39, 0.29) is 56.8 Å². The maximum Gasteiger partial charge on any atom is 0.312 e. The van der Waals surface area contributed by atoms with Gasteiger partial charge in [-0.25, -0.2) is 0 Å². The molecule has 482 valence electrons. The van der Waals surface area contributed by atoms with E-state index in [0.29, 0.717) is 77.1 Å². The van der Waals surface area contributed by atoms with E-state index in [0.717, 1.165) is 48.5 Å². The van der Waals surface area contributed by atoms with Crippen LogP contribution in [0.15, 0.2) is 218 Å². The maximum atomic E-state index is 13.8. The molecule has 0 saturated carbocycles.